The molecule has 3 aromatic rings. The Bertz CT molecular complexity index is 1470. The van der Waals surface area contributed by atoms with E-state index >= 15 is 0 Å². The molecule has 0 radical (unpaired) electrons. The summed E-state index contributed by atoms with van der Waals surface area (Å²) in [5.74, 6) is -1.06. The number of phenolic OH excluding ortho intramolecular Hbond substituents is 1. The predicted octanol–water partition coefficient (Wildman–Crippen LogP) is 6.46. The largest absolute Gasteiger partial charge is 0.507 e. The van der Waals surface area contributed by atoms with Crippen LogP contribution in [-0.2, 0) is 11.0 Å². The van der Waals surface area contributed by atoms with Crippen LogP contribution in [0.3, 0.4) is 0 Å². The number of halogens is 5. The molecule has 4 rings (SSSR count). The van der Waals surface area contributed by atoms with Crippen molar-refractivity contribution in [3.05, 3.63) is 71.5 Å². The third-order valence-electron chi connectivity index (χ3n) is 7.08. The SMILES string of the molecule is CC(C)N1CCN(c2cc(-c3cc(F)cc(-c4ccc(N(C=O)/C=C\N(C)C)c(Cl)c4)c3O)cnc2C(F)(F)F)CC1. The van der Waals surface area contributed by atoms with Gasteiger partial charge in [0.05, 0.1) is 16.4 Å². The van der Waals surface area contributed by atoms with Gasteiger partial charge in [0.2, 0.25) is 6.41 Å². The number of aromatic hydroxyl groups is 1. The number of rotatable bonds is 8. The molecule has 1 aliphatic rings. The maximum Gasteiger partial charge on any atom is 0.435 e. The smallest absolute Gasteiger partial charge is 0.435 e. The van der Waals surface area contributed by atoms with Crippen LogP contribution < -0.4 is 9.80 Å². The van der Waals surface area contributed by atoms with Crippen LogP contribution in [0.5, 0.6) is 5.75 Å². The van der Waals surface area contributed by atoms with Gasteiger partial charge in [-0.2, -0.15) is 13.2 Å². The first kappa shape index (κ1) is 31.1. The maximum atomic E-state index is 14.9. The van der Waals surface area contributed by atoms with Crippen LogP contribution >= 0.6 is 11.6 Å². The number of phenols is 1. The second-order valence-corrected chi connectivity index (χ2v) is 10.9. The van der Waals surface area contributed by atoms with E-state index in [-0.39, 0.29) is 39.2 Å². The summed E-state index contributed by atoms with van der Waals surface area (Å²) < 4.78 is 56.8. The minimum absolute atomic E-state index is 0.0167. The molecule has 1 amide bonds. The highest BCUT2D eigenvalue weighted by molar-refractivity contribution is 6.34. The topological polar surface area (TPSA) is 63.2 Å². The van der Waals surface area contributed by atoms with E-state index in [0.717, 1.165) is 18.3 Å². The van der Waals surface area contributed by atoms with Crippen molar-refractivity contribution in [2.45, 2.75) is 26.1 Å². The van der Waals surface area contributed by atoms with Crippen LogP contribution in [0.4, 0.5) is 28.9 Å². The fourth-order valence-corrected chi connectivity index (χ4v) is 5.12. The number of piperazine rings is 1. The van der Waals surface area contributed by atoms with Crippen LogP contribution in [0, 0.1) is 5.82 Å². The highest BCUT2D eigenvalue weighted by Gasteiger charge is 2.38. The van der Waals surface area contributed by atoms with Crippen LogP contribution in [0.2, 0.25) is 5.02 Å². The lowest BCUT2D eigenvalue weighted by Gasteiger charge is -2.38. The van der Waals surface area contributed by atoms with Crippen molar-refractivity contribution in [3.8, 4) is 28.0 Å². The second-order valence-electron chi connectivity index (χ2n) is 10.5. The number of carbonyl (C=O) groups excluding carboxylic acids is 1. The number of aromatic nitrogens is 1. The molecule has 0 spiro atoms. The predicted molar refractivity (Wildman–Crippen MR) is 157 cm³/mol. The maximum absolute atomic E-state index is 14.9. The lowest BCUT2D eigenvalue weighted by atomic mass is 9.97. The van der Waals surface area contributed by atoms with E-state index in [1.165, 1.54) is 23.2 Å². The fraction of sp³-hybridized carbons (Fsp3) is 0.333. The average molecular weight is 606 g/mol. The Morgan fingerprint density at radius 2 is 1.64 bits per heavy atom. The van der Waals surface area contributed by atoms with E-state index in [9.17, 15) is 27.5 Å². The molecule has 1 N–H and O–H groups in total. The zero-order valence-corrected chi connectivity index (χ0v) is 24.4. The summed E-state index contributed by atoms with van der Waals surface area (Å²) in [4.78, 5) is 22.2. The number of anilines is 2. The summed E-state index contributed by atoms with van der Waals surface area (Å²) >= 11 is 6.46. The second kappa shape index (κ2) is 12.6. The first-order chi connectivity index (χ1) is 19.8. The van der Waals surface area contributed by atoms with Gasteiger partial charge in [0, 0.05) is 81.6 Å². The lowest BCUT2D eigenvalue weighted by molar-refractivity contribution is -0.140. The monoisotopic (exact) mass is 605 g/mol. The van der Waals surface area contributed by atoms with Crippen molar-refractivity contribution >= 4 is 29.4 Å². The van der Waals surface area contributed by atoms with E-state index in [1.807, 2.05) is 13.8 Å². The summed E-state index contributed by atoms with van der Waals surface area (Å²) in [6.07, 6.45) is 0.0396. The molecule has 1 aliphatic heterocycles. The van der Waals surface area contributed by atoms with Gasteiger partial charge in [-0.3, -0.25) is 14.6 Å². The first-order valence-electron chi connectivity index (χ1n) is 13.3. The van der Waals surface area contributed by atoms with Gasteiger partial charge < -0.3 is 14.9 Å². The zero-order valence-electron chi connectivity index (χ0n) is 23.7. The number of pyridine rings is 1. The number of nitrogens with zero attached hydrogens (tertiary/aromatic N) is 5. The molecule has 1 fully saturated rings. The molecule has 2 aromatic carbocycles. The highest BCUT2D eigenvalue weighted by atomic mass is 35.5. The summed E-state index contributed by atoms with van der Waals surface area (Å²) in [5, 5.41) is 11.4. The summed E-state index contributed by atoms with van der Waals surface area (Å²) in [5.41, 5.74) is -0.269. The third-order valence-corrected chi connectivity index (χ3v) is 7.39. The number of carbonyl (C=O) groups is 1. The van der Waals surface area contributed by atoms with Gasteiger partial charge in [-0.15, -0.1) is 0 Å². The molecule has 0 atom stereocenters. The van der Waals surface area contributed by atoms with E-state index in [2.05, 4.69) is 9.88 Å². The van der Waals surface area contributed by atoms with Crippen molar-refractivity contribution in [2.75, 3.05) is 50.1 Å². The van der Waals surface area contributed by atoms with Crippen LogP contribution in [0.15, 0.2) is 55.0 Å². The standard InChI is InChI=1S/C30H32ClF4N5O2/c1-19(2)38-9-11-39(12-10-38)27-14-21(17-36-29(27)30(33,34)35)24-16-22(32)15-23(28(24)42)20-5-6-26(25(31)13-20)40(18-41)8-7-37(3)4/h5-8,13-19,42H,9-12H2,1-4H3/b8-7-. The Kier molecular flexibility index (Phi) is 9.32. The number of alkyl halides is 3. The van der Waals surface area contributed by atoms with Crippen LogP contribution in [0.1, 0.15) is 19.5 Å². The summed E-state index contributed by atoms with van der Waals surface area (Å²) in [6.45, 7) is 5.95. The van der Waals surface area contributed by atoms with Crippen molar-refractivity contribution in [1.29, 1.82) is 0 Å². The number of amides is 1. The molecule has 0 saturated carbocycles. The van der Waals surface area contributed by atoms with E-state index in [1.54, 1.807) is 42.2 Å². The molecule has 2 heterocycles. The van der Waals surface area contributed by atoms with Crippen molar-refractivity contribution < 1.29 is 27.5 Å². The van der Waals surface area contributed by atoms with Gasteiger partial charge in [-0.25, -0.2) is 9.37 Å². The van der Waals surface area contributed by atoms with Crippen molar-refractivity contribution in [3.63, 3.8) is 0 Å². The molecule has 7 nitrogen and oxygen atoms in total. The molecule has 12 heteroatoms. The minimum atomic E-state index is -4.70. The molecule has 0 bridgehead atoms. The molecule has 1 saturated heterocycles. The van der Waals surface area contributed by atoms with Crippen LogP contribution in [0.25, 0.3) is 22.3 Å². The number of benzene rings is 2. The normalized spacial score (nSPS) is 14.6. The first-order valence-corrected chi connectivity index (χ1v) is 13.7. The van der Waals surface area contributed by atoms with Gasteiger partial charge in [-0.1, -0.05) is 17.7 Å². The molecule has 42 heavy (non-hydrogen) atoms. The molecule has 1 aromatic heterocycles. The van der Waals surface area contributed by atoms with Crippen molar-refractivity contribution in [2.24, 2.45) is 0 Å². The molecular weight excluding hydrogens is 574 g/mol. The Balaban J connectivity index is 1.75. The lowest BCUT2D eigenvalue weighted by Crippen LogP contribution is -2.49. The highest BCUT2D eigenvalue weighted by Crippen LogP contribution is 2.43. The molecule has 224 valence electrons. The summed E-state index contributed by atoms with van der Waals surface area (Å²) in [6, 6.07) is 8.31. The van der Waals surface area contributed by atoms with Crippen LogP contribution in [-0.4, -0.2) is 72.6 Å². The average Bonchev–Trinajstić information content (AvgIpc) is 2.94. The van der Waals surface area contributed by atoms with Gasteiger partial charge in [0.25, 0.3) is 0 Å². The van der Waals surface area contributed by atoms with E-state index < -0.39 is 17.7 Å². The van der Waals surface area contributed by atoms with Crippen molar-refractivity contribution in [1.82, 2.24) is 14.8 Å². The van der Waals surface area contributed by atoms with Gasteiger partial charge in [0.1, 0.15) is 11.6 Å². The van der Waals surface area contributed by atoms with Gasteiger partial charge >= 0.3 is 6.18 Å². The third kappa shape index (κ3) is 6.79. The van der Waals surface area contributed by atoms with E-state index in [0.29, 0.717) is 43.8 Å². The van der Waals surface area contributed by atoms with E-state index in [4.69, 9.17) is 11.6 Å². The Labute approximate surface area is 247 Å². The minimum Gasteiger partial charge on any atom is -0.507 e. The number of hydrogen-bond acceptors (Lipinski definition) is 6. The van der Waals surface area contributed by atoms with Gasteiger partial charge in [0.15, 0.2) is 5.69 Å². The fourth-order valence-electron chi connectivity index (χ4n) is 4.84. The summed E-state index contributed by atoms with van der Waals surface area (Å²) in [7, 11) is 3.58. The Morgan fingerprint density at radius 3 is 2.19 bits per heavy atom. The molecule has 0 unspecified atom stereocenters. The Hall–Kier alpha value is -3.83. The molecular formula is C30H32ClF4N5O2. The Morgan fingerprint density at radius 1 is 1.00 bits per heavy atom. The zero-order chi connectivity index (χ0) is 30.8. The molecule has 0 aliphatic carbocycles. The van der Waals surface area contributed by atoms with Gasteiger partial charge in [-0.05, 0) is 49.7 Å². The number of hydrogen-bond donors (Lipinski definition) is 1. The quantitative estimate of drug-likeness (QED) is 0.235.